The first kappa shape index (κ1) is 10.3. The van der Waals surface area contributed by atoms with Crippen molar-refractivity contribution < 1.29 is 4.79 Å². The summed E-state index contributed by atoms with van der Waals surface area (Å²) in [6.45, 7) is 9.87. The number of amides is 1. The van der Waals surface area contributed by atoms with Gasteiger partial charge < -0.3 is 4.90 Å². The standard InChI is InChI=1S/C11H19NO/c1-4-5-11(13)12-7-9(2)6-10(3)8-12/h4,9-10H,1,5-8H2,2-3H3. The lowest BCUT2D eigenvalue weighted by atomic mass is 9.92. The molecule has 0 aliphatic carbocycles. The molecule has 2 nitrogen and oxygen atoms in total. The highest BCUT2D eigenvalue weighted by atomic mass is 16.2. The van der Waals surface area contributed by atoms with Gasteiger partial charge in [0.15, 0.2) is 0 Å². The van der Waals surface area contributed by atoms with E-state index in [0.717, 1.165) is 13.1 Å². The first-order valence-corrected chi connectivity index (χ1v) is 5.02. The van der Waals surface area contributed by atoms with Crippen molar-refractivity contribution in [3.8, 4) is 0 Å². The lowest BCUT2D eigenvalue weighted by molar-refractivity contribution is -0.132. The Bertz CT molecular complexity index is 190. The van der Waals surface area contributed by atoms with Crippen LogP contribution in [0.4, 0.5) is 0 Å². The Kier molecular flexibility index (Phi) is 3.52. The summed E-state index contributed by atoms with van der Waals surface area (Å²) in [5.74, 6) is 1.53. The summed E-state index contributed by atoms with van der Waals surface area (Å²) < 4.78 is 0. The van der Waals surface area contributed by atoms with Gasteiger partial charge in [0.1, 0.15) is 0 Å². The van der Waals surface area contributed by atoms with E-state index in [4.69, 9.17) is 0 Å². The van der Waals surface area contributed by atoms with Crippen molar-refractivity contribution in [2.24, 2.45) is 11.8 Å². The van der Waals surface area contributed by atoms with Crippen LogP contribution in [0.5, 0.6) is 0 Å². The van der Waals surface area contributed by atoms with Gasteiger partial charge >= 0.3 is 0 Å². The van der Waals surface area contributed by atoms with Crippen molar-refractivity contribution in [3.05, 3.63) is 12.7 Å². The molecule has 1 rings (SSSR count). The highest BCUT2D eigenvalue weighted by Gasteiger charge is 2.24. The maximum absolute atomic E-state index is 11.5. The fourth-order valence-corrected chi connectivity index (χ4v) is 2.12. The van der Waals surface area contributed by atoms with Gasteiger partial charge in [-0.05, 0) is 18.3 Å². The van der Waals surface area contributed by atoms with Gasteiger partial charge in [0.25, 0.3) is 0 Å². The highest BCUT2D eigenvalue weighted by molar-refractivity contribution is 5.77. The fourth-order valence-electron chi connectivity index (χ4n) is 2.12. The molecule has 1 amide bonds. The monoisotopic (exact) mass is 181 g/mol. The van der Waals surface area contributed by atoms with Gasteiger partial charge in [0, 0.05) is 19.5 Å². The Balaban J connectivity index is 2.49. The smallest absolute Gasteiger partial charge is 0.226 e. The third-order valence-corrected chi connectivity index (χ3v) is 2.54. The summed E-state index contributed by atoms with van der Waals surface area (Å²) in [7, 11) is 0. The molecule has 0 N–H and O–H groups in total. The maximum atomic E-state index is 11.5. The molecule has 0 bridgehead atoms. The van der Waals surface area contributed by atoms with Crippen molar-refractivity contribution in [3.63, 3.8) is 0 Å². The Labute approximate surface area is 80.6 Å². The second-order valence-electron chi connectivity index (χ2n) is 4.24. The minimum Gasteiger partial charge on any atom is -0.342 e. The molecule has 1 saturated heterocycles. The van der Waals surface area contributed by atoms with E-state index in [-0.39, 0.29) is 5.91 Å². The van der Waals surface area contributed by atoms with Gasteiger partial charge in [0.2, 0.25) is 5.91 Å². The molecule has 2 unspecified atom stereocenters. The van der Waals surface area contributed by atoms with Gasteiger partial charge in [-0.3, -0.25) is 4.79 Å². The number of hydrogen-bond donors (Lipinski definition) is 0. The normalized spacial score (nSPS) is 28.6. The van der Waals surface area contributed by atoms with E-state index in [9.17, 15) is 4.79 Å². The van der Waals surface area contributed by atoms with Crippen LogP contribution in [-0.4, -0.2) is 23.9 Å². The van der Waals surface area contributed by atoms with Gasteiger partial charge in [0.05, 0.1) is 0 Å². The van der Waals surface area contributed by atoms with E-state index >= 15 is 0 Å². The Morgan fingerprint density at radius 1 is 1.46 bits per heavy atom. The van der Waals surface area contributed by atoms with Crippen LogP contribution in [0, 0.1) is 11.8 Å². The Morgan fingerprint density at radius 2 is 2.00 bits per heavy atom. The second-order valence-corrected chi connectivity index (χ2v) is 4.24. The van der Waals surface area contributed by atoms with Crippen LogP contribution in [0.3, 0.4) is 0 Å². The number of carbonyl (C=O) groups is 1. The van der Waals surface area contributed by atoms with Crippen LogP contribution >= 0.6 is 0 Å². The summed E-state index contributed by atoms with van der Waals surface area (Å²) in [6, 6.07) is 0. The molecule has 0 saturated carbocycles. The third-order valence-electron chi connectivity index (χ3n) is 2.54. The van der Waals surface area contributed by atoms with E-state index in [1.54, 1.807) is 6.08 Å². The lowest BCUT2D eigenvalue weighted by Gasteiger charge is -2.34. The first-order chi connectivity index (χ1) is 6.13. The zero-order chi connectivity index (χ0) is 9.84. The van der Waals surface area contributed by atoms with Gasteiger partial charge in [-0.15, -0.1) is 6.58 Å². The Hall–Kier alpha value is -0.790. The molecule has 1 aliphatic heterocycles. The second kappa shape index (κ2) is 4.45. The molecule has 1 fully saturated rings. The zero-order valence-corrected chi connectivity index (χ0v) is 8.62. The van der Waals surface area contributed by atoms with Crippen LogP contribution in [0.1, 0.15) is 26.7 Å². The minimum absolute atomic E-state index is 0.230. The number of hydrogen-bond acceptors (Lipinski definition) is 1. The lowest BCUT2D eigenvalue weighted by Crippen LogP contribution is -2.42. The van der Waals surface area contributed by atoms with Gasteiger partial charge in [-0.1, -0.05) is 19.9 Å². The predicted molar refractivity (Wildman–Crippen MR) is 54.3 cm³/mol. The molecule has 2 heteroatoms. The SMILES string of the molecule is C=CCC(=O)N1CC(C)CC(C)C1. The van der Waals surface area contributed by atoms with E-state index in [0.29, 0.717) is 18.3 Å². The van der Waals surface area contributed by atoms with E-state index < -0.39 is 0 Å². The number of likely N-dealkylation sites (tertiary alicyclic amines) is 1. The quantitative estimate of drug-likeness (QED) is 0.597. The van der Waals surface area contributed by atoms with Crippen molar-refractivity contribution >= 4 is 5.91 Å². The summed E-state index contributed by atoms with van der Waals surface area (Å²) in [6.07, 6.45) is 3.42. The molecule has 0 aromatic heterocycles. The Morgan fingerprint density at radius 3 is 2.46 bits per heavy atom. The molecule has 74 valence electrons. The molecule has 0 radical (unpaired) electrons. The van der Waals surface area contributed by atoms with E-state index in [1.165, 1.54) is 6.42 Å². The predicted octanol–water partition coefficient (Wildman–Crippen LogP) is 2.07. The van der Waals surface area contributed by atoms with Crippen molar-refractivity contribution in [1.29, 1.82) is 0 Å². The van der Waals surface area contributed by atoms with Crippen molar-refractivity contribution in [2.75, 3.05) is 13.1 Å². The number of piperidine rings is 1. The number of carbonyl (C=O) groups excluding carboxylic acids is 1. The number of nitrogens with zero attached hydrogens (tertiary/aromatic N) is 1. The zero-order valence-electron chi connectivity index (χ0n) is 8.62. The summed E-state index contributed by atoms with van der Waals surface area (Å²) in [5.41, 5.74) is 0. The molecule has 1 aliphatic rings. The molecule has 0 spiro atoms. The van der Waals surface area contributed by atoms with Gasteiger partial charge in [-0.25, -0.2) is 0 Å². The molecule has 13 heavy (non-hydrogen) atoms. The van der Waals surface area contributed by atoms with Crippen molar-refractivity contribution in [1.82, 2.24) is 4.90 Å². The van der Waals surface area contributed by atoms with Crippen LogP contribution < -0.4 is 0 Å². The molecular formula is C11H19NO. The largest absolute Gasteiger partial charge is 0.342 e. The van der Waals surface area contributed by atoms with Crippen LogP contribution in [0.15, 0.2) is 12.7 Å². The molecule has 0 aromatic carbocycles. The summed E-state index contributed by atoms with van der Waals surface area (Å²) in [4.78, 5) is 13.5. The highest BCUT2D eigenvalue weighted by Crippen LogP contribution is 2.21. The minimum atomic E-state index is 0.230. The van der Waals surface area contributed by atoms with Crippen LogP contribution in [0.25, 0.3) is 0 Å². The number of rotatable bonds is 2. The summed E-state index contributed by atoms with van der Waals surface area (Å²) >= 11 is 0. The fraction of sp³-hybridized carbons (Fsp3) is 0.727. The van der Waals surface area contributed by atoms with Crippen LogP contribution in [0.2, 0.25) is 0 Å². The molecule has 2 atom stereocenters. The van der Waals surface area contributed by atoms with Crippen LogP contribution in [-0.2, 0) is 4.79 Å². The van der Waals surface area contributed by atoms with E-state index in [1.807, 2.05) is 4.90 Å². The maximum Gasteiger partial charge on any atom is 0.226 e. The van der Waals surface area contributed by atoms with E-state index in [2.05, 4.69) is 20.4 Å². The summed E-state index contributed by atoms with van der Waals surface area (Å²) in [5, 5.41) is 0. The molecular weight excluding hydrogens is 162 g/mol. The first-order valence-electron chi connectivity index (χ1n) is 5.02. The average molecular weight is 181 g/mol. The average Bonchev–Trinajstić information content (AvgIpc) is 2.03. The van der Waals surface area contributed by atoms with Crippen molar-refractivity contribution in [2.45, 2.75) is 26.7 Å². The topological polar surface area (TPSA) is 20.3 Å². The molecule has 1 heterocycles. The third kappa shape index (κ3) is 2.87. The molecule has 0 aromatic rings. The van der Waals surface area contributed by atoms with Gasteiger partial charge in [-0.2, -0.15) is 0 Å².